The lowest BCUT2D eigenvalue weighted by atomic mass is 10.1. The molecule has 4 nitrogen and oxygen atoms in total. The Hall–Kier alpha value is -0.710. The van der Waals surface area contributed by atoms with Gasteiger partial charge >= 0.3 is 0 Å². The smallest absolute Gasteiger partial charge is 0.187 e. The first kappa shape index (κ1) is 10.4. The third-order valence-corrected chi connectivity index (χ3v) is 2.22. The van der Waals surface area contributed by atoms with Gasteiger partial charge in [0.15, 0.2) is 5.78 Å². The maximum Gasteiger partial charge on any atom is 0.187 e. The third kappa shape index (κ3) is 2.15. The largest absolute Gasteiger partial charge is 0.386 e. The second kappa shape index (κ2) is 4.00. The molecule has 13 heavy (non-hydrogen) atoms. The van der Waals surface area contributed by atoms with Crippen LogP contribution in [0.25, 0.3) is 0 Å². The number of aliphatic hydroxyl groups excluding tert-OH is 2. The van der Waals surface area contributed by atoms with Crippen molar-refractivity contribution in [3.05, 3.63) is 11.6 Å². The van der Waals surface area contributed by atoms with E-state index < -0.39 is 18.0 Å². The molecule has 74 valence electrons. The van der Waals surface area contributed by atoms with Crippen LogP contribution in [-0.2, 0) is 9.53 Å². The van der Waals surface area contributed by atoms with E-state index in [4.69, 9.17) is 9.84 Å². The Morgan fingerprint density at radius 2 is 2.15 bits per heavy atom. The molecule has 0 radical (unpaired) electrons. The number of hydrogen-bond donors (Lipinski definition) is 2. The molecular weight excluding hydrogens is 172 g/mol. The Kier molecular flexibility index (Phi) is 3.19. The highest BCUT2D eigenvalue weighted by Crippen LogP contribution is 2.21. The number of carbonyl (C=O) groups is 1. The standard InChI is InChI=1S/C9H14O4/c1-5(13-2)3-6-4-7(10)9(12)8(6)11/h4-5,8-9,11-12H,3H2,1-2H3. The molecule has 1 rings (SSSR count). The zero-order valence-corrected chi connectivity index (χ0v) is 7.73. The van der Waals surface area contributed by atoms with Crippen LogP contribution in [0.2, 0.25) is 0 Å². The summed E-state index contributed by atoms with van der Waals surface area (Å²) in [7, 11) is 1.56. The minimum absolute atomic E-state index is 0.0565. The summed E-state index contributed by atoms with van der Waals surface area (Å²) in [5, 5.41) is 18.5. The molecule has 0 aromatic heterocycles. The van der Waals surface area contributed by atoms with Crippen molar-refractivity contribution in [1.29, 1.82) is 0 Å². The van der Waals surface area contributed by atoms with E-state index in [0.717, 1.165) is 0 Å². The van der Waals surface area contributed by atoms with Gasteiger partial charge in [-0.05, 0) is 25.0 Å². The van der Waals surface area contributed by atoms with Gasteiger partial charge in [0.2, 0.25) is 0 Å². The van der Waals surface area contributed by atoms with Crippen molar-refractivity contribution in [2.24, 2.45) is 0 Å². The van der Waals surface area contributed by atoms with Crippen LogP contribution in [-0.4, -0.2) is 41.4 Å². The Labute approximate surface area is 76.8 Å². The molecule has 1 aliphatic carbocycles. The minimum atomic E-state index is -1.28. The van der Waals surface area contributed by atoms with Crippen LogP contribution >= 0.6 is 0 Å². The predicted octanol–water partition coefficient (Wildman–Crippen LogP) is -0.358. The molecule has 0 amide bonds. The Morgan fingerprint density at radius 3 is 2.54 bits per heavy atom. The van der Waals surface area contributed by atoms with Crippen molar-refractivity contribution >= 4 is 5.78 Å². The lowest BCUT2D eigenvalue weighted by molar-refractivity contribution is -0.124. The molecule has 0 saturated heterocycles. The van der Waals surface area contributed by atoms with Gasteiger partial charge in [0.1, 0.15) is 12.2 Å². The second-order valence-corrected chi connectivity index (χ2v) is 3.26. The molecule has 2 N–H and O–H groups in total. The Bertz CT molecular complexity index is 234. The highest BCUT2D eigenvalue weighted by atomic mass is 16.5. The zero-order valence-electron chi connectivity index (χ0n) is 7.73. The van der Waals surface area contributed by atoms with E-state index in [-0.39, 0.29) is 6.10 Å². The van der Waals surface area contributed by atoms with E-state index in [9.17, 15) is 9.90 Å². The van der Waals surface area contributed by atoms with Crippen LogP contribution in [0.1, 0.15) is 13.3 Å². The molecule has 3 atom stereocenters. The van der Waals surface area contributed by atoms with Crippen molar-refractivity contribution in [1.82, 2.24) is 0 Å². The number of rotatable bonds is 3. The average molecular weight is 186 g/mol. The van der Waals surface area contributed by atoms with E-state index in [0.29, 0.717) is 12.0 Å². The fourth-order valence-corrected chi connectivity index (χ4v) is 1.31. The molecule has 0 aromatic carbocycles. The first-order chi connectivity index (χ1) is 6.06. The SMILES string of the molecule is COC(C)CC1=CC(=O)C(O)C1O. The fourth-order valence-electron chi connectivity index (χ4n) is 1.31. The van der Waals surface area contributed by atoms with Crippen molar-refractivity contribution < 1.29 is 19.7 Å². The van der Waals surface area contributed by atoms with Gasteiger partial charge < -0.3 is 14.9 Å². The summed E-state index contributed by atoms with van der Waals surface area (Å²) in [6.07, 6.45) is -0.617. The summed E-state index contributed by atoms with van der Waals surface area (Å²) in [6, 6.07) is 0. The van der Waals surface area contributed by atoms with Gasteiger partial charge in [-0.25, -0.2) is 0 Å². The molecule has 0 aliphatic heterocycles. The van der Waals surface area contributed by atoms with Crippen molar-refractivity contribution in [2.45, 2.75) is 31.7 Å². The van der Waals surface area contributed by atoms with Gasteiger partial charge in [-0.3, -0.25) is 4.79 Å². The maximum atomic E-state index is 10.9. The quantitative estimate of drug-likeness (QED) is 0.631. The summed E-state index contributed by atoms with van der Waals surface area (Å²) >= 11 is 0. The van der Waals surface area contributed by atoms with Crippen LogP contribution in [0.3, 0.4) is 0 Å². The molecule has 0 fully saturated rings. The highest BCUT2D eigenvalue weighted by Gasteiger charge is 2.33. The Balaban J connectivity index is 2.61. The number of ketones is 1. The van der Waals surface area contributed by atoms with Crippen molar-refractivity contribution in [2.75, 3.05) is 7.11 Å². The van der Waals surface area contributed by atoms with Crippen molar-refractivity contribution in [3.8, 4) is 0 Å². The summed E-state index contributed by atoms with van der Waals surface area (Å²) in [5.41, 5.74) is 0.548. The number of aliphatic hydroxyl groups is 2. The normalized spacial score (nSPS) is 30.5. The highest BCUT2D eigenvalue weighted by molar-refractivity contribution is 5.97. The molecule has 0 heterocycles. The van der Waals surface area contributed by atoms with E-state index in [1.54, 1.807) is 7.11 Å². The van der Waals surface area contributed by atoms with Crippen LogP contribution in [0, 0.1) is 0 Å². The minimum Gasteiger partial charge on any atom is -0.386 e. The molecular formula is C9H14O4. The van der Waals surface area contributed by atoms with Crippen LogP contribution in [0.5, 0.6) is 0 Å². The number of carbonyl (C=O) groups excluding carboxylic acids is 1. The van der Waals surface area contributed by atoms with Gasteiger partial charge in [0.05, 0.1) is 6.10 Å². The van der Waals surface area contributed by atoms with Crippen LogP contribution in [0.15, 0.2) is 11.6 Å². The molecule has 0 aromatic rings. The first-order valence-electron chi connectivity index (χ1n) is 4.19. The van der Waals surface area contributed by atoms with E-state index in [2.05, 4.69) is 0 Å². The van der Waals surface area contributed by atoms with E-state index in [1.165, 1.54) is 6.08 Å². The molecule has 0 saturated carbocycles. The summed E-state index contributed by atoms with van der Waals surface area (Å²) < 4.78 is 4.99. The molecule has 0 bridgehead atoms. The van der Waals surface area contributed by atoms with E-state index in [1.807, 2.05) is 6.92 Å². The molecule has 4 heteroatoms. The number of methoxy groups -OCH3 is 1. The Morgan fingerprint density at radius 1 is 1.54 bits per heavy atom. The molecule has 3 unspecified atom stereocenters. The first-order valence-corrected chi connectivity index (χ1v) is 4.19. The average Bonchev–Trinajstić information content (AvgIpc) is 2.34. The summed E-state index contributed by atoms with van der Waals surface area (Å²) in [6.45, 7) is 1.84. The summed E-state index contributed by atoms with van der Waals surface area (Å²) in [5.74, 6) is -0.425. The van der Waals surface area contributed by atoms with Crippen LogP contribution in [0.4, 0.5) is 0 Å². The lowest BCUT2D eigenvalue weighted by Gasteiger charge is -2.14. The number of ether oxygens (including phenoxy) is 1. The predicted molar refractivity (Wildman–Crippen MR) is 46.2 cm³/mol. The van der Waals surface area contributed by atoms with Crippen LogP contribution < -0.4 is 0 Å². The van der Waals surface area contributed by atoms with Gasteiger partial charge in [0.25, 0.3) is 0 Å². The van der Waals surface area contributed by atoms with Gasteiger partial charge in [0, 0.05) is 7.11 Å². The van der Waals surface area contributed by atoms with E-state index >= 15 is 0 Å². The fraction of sp³-hybridized carbons (Fsp3) is 0.667. The topological polar surface area (TPSA) is 66.8 Å². The summed E-state index contributed by atoms with van der Waals surface area (Å²) in [4.78, 5) is 10.9. The molecule has 1 aliphatic rings. The lowest BCUT2D eigenvalue weighted by Crippen LogP contribution is -2.28. The second-order valence-electron chi connectivity index (χ2n) is 3.26. The molecule has 0 spiro atoms. The monoisotopic (exact) mass is 186 g/mol. The third-order valence-electron chi connectivity index (χ3n) is 2.22. The zero-order chi connectivity index (χ0) is 10.0. The maximum absolute atomic E-state index is 10.9. The van der Waals surface area contributed by atoms with Gasteiger partial charge in [-0.1, -0.05) is 0 Å². The number of hydrogen-bond acceptors (Lipinski definition) is 4. The van der Waals surface area contributed by atoms with Crippen molar-refractivity contribution in [3.63, 3.8) is 0 Å². The van der Waals surface area contributed by atoms with Gasteiger partial charge in [-0.15, -0.1) is 0 Å². The van der Waals surface area contributed by atoms with Gasteiger partial charge in [-0.2, -0.15) is 0 Å².